The van der Waals surface area contributed by atoms with E-state index in [9.17, 15) is 0 Å². The van der Waals surface area contributed by atoms with Gasteiger partial charge in [-0.2, -0.15) is 0 Å². The van der Waals surface area contributed by atoms with Crippen LogP contribution in [0, 0.1) is 0 Å². The smallest absolute Gasteiger partial charge is 0.0986 e. The second-order valence-corrected chi connectivity index (χ2v) is 5.52. The van der Waals surface area contributed by atoms with Crippen LogP contribution >= 0.6 is 27.3 Å². The van der Waals surface area contributed by atoms with Crippen molar-refractivity contribution >= 4 is 27.3 Å². The largest absolute Gasteiger partial charge is 0.270 e. The molecule has 0 amide bonds. The normalized spacial score (nSPS) is 13.0. The van der Waals surface area contributed by atoms with Gasteiger partial charge >= 0.3 is 0 Å². The summed E-state index contributed by atoms with van der Waals surface area (Å²) in [5.74, 6) is 5.55. The van der Waals surface area contributed by atoms with Gasteiger partial charge in [0, 0.05) is 11.9 Å². The van der Waals surface area contributed by atoms with E-state index in [1.807, 2.05) is 19.2 Å². The number of thiophene rings is 1. The molecule has 0 saturated heterocycles. The van der Waals surface area contributed by atoms with Gasteiger partial charge in [0.1, 0.15) is 0 Å². The van der Waals surface area contributed by atoms with Crippen molar-refractivity contribution < 1.29 is 0 Å². The quantitative estimate of drug-likeness (QED) is 0.657. The summed E-state index contributed by atoms with van der Waals surface area (Å²) >= 11 is 5.06. The van der Waals surface area contributed by atoms with E-state index in [0.29, 0.717) is 0 Å². The van der Waals surface area contributed by atoms with Gasteiger partial charge in [-0.05, 0) is 28.1 Å². The molecule has 80 valence electrons. The standard InChI is InChI=1S/C8H10BrN5S/c1-14-5(4-11-13-14)8(12-10)6-2-3-7(9)15-6/h2-4,8,12H,10H2,1H3. The zero-order valence-corrected chi connectivity index (χ0v) is 10.4. The first-order chi connectivity index (χ1) is 7.22. The molecule has 1 atom stereocenters. The van der Waals surface area contributed by atoms with Gasteiger partial charge in [-0.3, -0.25) is 10.5 Å². The number of halogens is 1. The summed E-state index contributed by atoms with van der Waals surface area (Å²) in [6.07, 6.45) is 1.71. The van der Waals surface area contributed by atoms with Crippen LogP contribution in [0.3, 0.4) is 0 Å². The van der Waals surface area contributed by atoms with Crippen LogP contribution in [0.1, 0.15) is 16.6 Å². The monoisotopic (exact) mass is 287 g/mol. The zero-order chi connectivity index (χ0) is 10.8. The zero-order valence-electron chi connectivity index (χ0n) is 8.01. The van der Waals surface area contributed by atoms with Gasteiger partial charge in [0.05, 0.1) is 21.7 Å². The van der Waals surface area contributed by atoms with Crippen molar-refractivity contribution in [3.63, 3.8) is 0 Å². The second-order valence-electron chi connectivity index (χ2n) is 3.02. The Balaban J connectivity index is 2.36. The Bertz CT molecular complexity index is 451. The molecule has 0 saturated carbocycles. The SMILES string of the molecule is Cn1nncc1C(NN)c1ccc(Br)s1. The molecular formula is C8H10BrN5S. The number of nitrogens with two attached hydrogens (primary N) is 1. The molecule has 0 fully saturated rings. The molecule has 3 N–H and O–H groups in total. The minimum absolute atomic E-state index is 0.0682. The van der Waals surface area contributed by atoms with Crippen molar-refractivity contribution in [1.82, 2.24) is 20.4 Å². The second kappa shape index (κ2) is 4.40. The Hall–Kier alpha value is -0.760. The van der Waals surface area contributed by atoms with E-state index in [1.165, 1.54) is 0 Å². The minimum Gasteiger partial charge on any atom is -0.270 e. The maximum absolute atomic E-state index is 5.55. The Morgan fingerprint density at radius 1 is 1.60 bits per heavy atom. The van der Waals surface area contributed by atoms with Gasteiger partial charge in [0.2, 0.25) is 0 Å². The molecule has 5 nitrogen and oxygen atoms in total. The number of hydrogen-bond acceptors (Lipinski definition) is 5. The molecule has 2 heterocycles. The summed E-state index contributed by atoms with van der Waals surface area (Å²) in [6.45, 7) is 0. The van der Waals surface area contributed by atoms with Crippen LogP contribution in [0.2, 0.25) is 0 Å². The van der Waals surface area contributed by atoms with E-state index in [4.69, 9.17) is 5.84 Å². The van der Waals surface area contributed by atoms with E-state index in [1.54, 1.807) is 22.2 Å². The fourth-order valence-corrected chi connectivity index (χ4v) is 2.85. The lowest BCUT2D eigenvalue weighted by Gasteiger charge is -2.13. The summed E-state index contributed by atoms with van der Waals surface area (Å²) in [6, 6.07) is 3.95. The number of nitrogens with zero attached hydrogens (tertiary/aromatic N) is 3. The molecule has 0 aliphatic carbocycles. The molecule has 2 aromatic rings. The molecule has 2 rings (SSSR count). The first-order valence-corrected chi connectivity index (χ1v) is 5.89. The summed E-state index contributed by atoms with van der Waals surface area (Å²) in [5.41, 5.74) is 3.70. The Morgan fingerprint density at radius 2 is 2.40 bits per heavy atom. The molecule has 0 aliphatic heterocycles. The summed E-state index contributed by atoms with van der Waals surface area (Å²) in [5, 5.41) is 7.71. The molecule has 0 bridgehead atoms. The van der Waals surface area contributed by atoms with Crippen molar-refractivity contribution in [2.75, 3.05) is 0 Å². The van der Waals surface area contributed by atoms with Crippen LogP contribution < -0.4 is 11.3 Å². The average molecular weight is 288 g/mol. The van der Waals surface area contributed by atoms with E-state index in [2.05, 4.69) is 31.7 Å². The van der Waals surface area contributed by atoms with Crippen LogP contribution in [-0.4, -0.2) is 15.0 Å². The summed E-state index contributed by atoms with van der Waals surface area (Å²) < 4.78 is 2.78. The lowest BCUT2D eigenvalue weighted by atomic mass is 10.2. The predicted molar refractivity (Wildman–Crippen MR) is 62.2 cm³/mol. The van der Waals surface area contributed by atoms with Gasteiger partial charge in [-0.1, -0.05) is 5.21 Å². The predicted octanol–water partition coefficient (Wildman–Crippen LogP) is 1.19. The highest BCUT2D eigenvalue weighted by Gasteiger charge is 2.18. The van der Waals surface area contributed by atoms with Crippen LogP contribution in [0.15, 0.2) is 22.1 Å². The van der Waals surface area contributed by atoms with Gasteiger partial charge in [-0.25, -0.2) is 5.43 Å². The van der Waals surface area contributed by atoms with Crippen LogP contribution in [0.5, 0.6) is 0 Å². The summed E-state index contributed by atoms with van der Waals surface area (Å²) in [7, 11) is 1.84. The van der Waals surface area contributed by atoms with Crippen LogP contribution in [0.4, 0.5) is 0 Å². The molecule has 1 unspecified atom stereocenters. The van der Waals surface area contributed by atoms with Gasteiger partial charge < -0.3 is 0 Å². The highest BCUT2D eigenvalue weighted by molar-refractivity contribution is 9.11. The first-order valence-electron chi connectivity index (χ1n) is 4.28. The molecule has 15 heavy (non-hydrogen) atoms. The Morgan fingerprint density at radius 3 is 2.87 bits per heavy atom. The van der Waals surface area contributed by atoms with Crippen molar-refractivity contribution in [2.45, 2.75) is 6.04 Å². The lowest BCUT2D eigenvalue weighted by molar-refractivity contribution is 0.576. The van der Waals surface area contributed by atoms with E-state index < -0.39 is 0 Å². The molecule has 0 aromatic carbocycles. The van der Waals surface area contributed by atoms with E-state index in [0.717, 1.165) is 14.4 Å². The van der Waals surface area contributed by atoms with Crippen molar-refractivity contribution in [3.05, 3.63) is 32.7 Å². The number of nitrogens with one attached hydrogen (secondary N) is 1. The third-order valence-electron chi connectivity index (χ3n) is 2.09. The van der Waals surface area contributed by atoms with Crippen molar-refractivity contribution in [1.29, 1.82) is 0 Å². The van der Waals surface area contributed by atoms with E-state index >= 15 is 0 Å². The number of aryl methyl sites for hydroxylation is 1. The Labute approximate surface area is 99.4 Å². The molecule has 0 spiro atoms. The van der Waals surface area contributed by atoms with E-state index in [-0.39, 0.29) is 6.04 Å². The lowest BCUT2D eigenvalue weighted by Crippen LogP contribution is -2.29. The van der Waals surface area contributed by atoms with Crippen LogP contribution in [-0.2, 0) is 7.05 Å². The van der Waals surface area contributed by atoms with Crippen LogP contribution in [0.25, 0.3) is 0 Å². The molecule has 0 aliphatic rings. The topological polar surface area (TPSA) is 68.8 Å². The maximum Gasteiger partial charge on any atom is 0.0986 e. The highest BCUT2D eigenvalue weighted by atomic mass is 79.9. The number of hydrogen-bond donors (Lipinski definition) is 2. The molecule has 0 radical (unpaired) electrons. The molecule has 2 aromatic heterocycles. The maximum atomic E-state index is 5.55. The fourth-order valence-electron chi connectivity index (χ4n) is 1.36. The molecular weight excluding hydrogens is 278 g/mol. The van der Waals surface area contributed by atoms with Gasteiger partial charge in [0.15, 0.2) is 0 Å². The van der Waals surface area contributed by atoms with Gasteiger partial charge in [-0.15, -0.1) is 16.4 Å². The number of aromatic nitrogens is 3. The molecule has 7 heteroatoms. The Kier molecular flexibility index (Phi) is 3.15. The fraction of sp³-hybridized carbons (Fsp3) is 0.250. The number of hydrazine groups is 1. The third kappa shape index (κ3) is 2.10. The highest BCUT2D eigenvalue weighted by Crippen LogP contribution is 2.30. The third-order valence-corrected chi connectivity index (χ3v) is 3.78. The van der Waals surface area contributed by atoms with Gasteiger partial charge in [0.25, 0.3) is 0 Å². The first kappa shape index (κ1) is 10.7. The summed E-state index contributed by atoms with van der Waals surface area (Å²) in [4.78, 5) is 1.12. The van der Waals surface area contributed by atoms with Crippen molar-refractivity contribution in [3.8, 4) is 0 Å². The number of rotatable bonds is 3. The van der Waals surface area contributed by atoms with Crippen molar-refractivity contribution in [2.24, 2.45) is 12.9 Å². The minimum atomic E-state index is -0.0682. The average Bonchev–Trinajstić information content (AvgIpc) is 2.79.